The van der Waals surface area contributed by atoms with E-state index in [1.54, 1.807) is 57.5 Å². The van der Waals surface area contributed by atoms with Gasteiger partial charge >= 0.3 is 6.03 Å². The largest absolute Gasteiger partial charge is 0.332 e. The summed E-state index contributed by atoms with van der Waals surface area (Å²) in [6.07, 6.45) is 1.70. The number of nitrogens with one attached hydrogen (secondary N) is 1. The monoisotopic (exact) mass is 462 g/mol. The van der Waals surface area contributed by atoms with Crippen LogP contribution in [0, 0.1) is 17.1 Å². The molecule has 0 saturated heterocycles. The van der Waals surface area contributed by atoms with Crippen LogP contribution in [0.5, 0.6) is 0 Å². The molecule has 0 atom stereocenters. The third kappa shape index (κ3) is 6.18. The van der Waals surface area contributed by atoms with E-state index in [1.165, 1.54) is 12.1 Å². The highest BCUT2D eigenvalue weighted by atomic mass is 32.1. The Bertz CT molecular complexity index is 1150. The molecule has 0 aliphatic heterocycles. The lowest BCUT2D eigenvalue weighted by molar-refractivity contribution is -0.133. The van der Waals surface area contributed by atoms with Crippen molar-refractivity contribution in [3.05, 3.63) is 87.9 Å². The number of hydrogen-bond acceptors (Lipinski definition) is 4. The van der Waals surface area contributed by atoms with Gasteiger partial charge in [-0.15, -0.1) is 11.3 Å². The summed E-state index contributed by atoms with van der Waals surface area (Å²) in [5, 5.41) is 13.8. The van der Waals surface area contributed by atoms with Crippen molar-refractivity contribution in [3.8, 4) is 6.07 Å². The number of benzene rings is 2. The molecule has 1 fully saturated rings. The standard InChI is InChI=1S/C25H23FN4O2S/c26-20-8-6-18(7-9-20)15-29(16-23-5-2-12-33-23)24(31)17-30(22-10-11-22)25(32)28-21-4-1-3-19(13-21)14-27/h1-9,12-13,22H,10-11,15-17H2,(H,28,32). The van der Waals surface area contributed by atoms with Gasteiger partial charge in [-0.1, -0.05) is 24.3 Å². The van der Waals surface area contributed by atoms with Gasteiger partial charge in [-0.05, 0) is 60.2 Å². The smallest absolute Gasteiger partial charge is 0.322 e. The van der Waals surface area contributed by atoms with Crippen LogP contribution in [0.15, 0.2) is 66.0 Å². The minimum Gasteiger partial charge on any atom is -0.332 e. The fraction of sp³-hybridized carbons (Fsp3) is 0.240. The summed E-state index contributed by atoms with van der Waals surface area (Å²) in [6.45, 7) is 0.681. The number of thiophene rings is 1. The zero-order valence-electron chi connectivity index (χ0n) is 17.9. The lowest BCUT2D eigenvalue weighted by Crippen LogP contribution is -2.45. The van der Waals surface area contributed by atoms with Crippen LogP contribution < -0.4 is 5.32 Å². The van der Waals surface area contributed by atoms with Crippen LogP contribution in [0.1, 0.15) is 28.8 Å². The van der Waals surface area contributed by atoms with Gasteiger partial charge in [-0.25, -0.2) is 9.18 Å². The van der Waals surface area contributed by atoms with Crippen molar-refractivity contribution in [2.24, 2.45) is 0 Å². The van der Waals surface area contributed by atoms with E-state index in [0.717, 1.165) is 23.3 Å². The summed E-state index contributed by atoms with van der Waals surface area (Å²) in [5.74, 6) is -0.507. The summed E-state index contributed by atoms with van der Waals surface area (Å²) in [6, 6.07) is 18.4. The second kappa shape index (κ2) is 10.3. The quantitative estimate of drug-likeness (QED) is 0.513. The number of carbonyl (C=O) groups is 2. The fourth-order valence-electron chi connectivity index (χ4n) is 3.49. The molecule has 1 heterocycles. The molecule has 3 aromatic rings. The number of rotatable bonds is 8. The maximum atomic E-state index is 13.3. The van der Waals surface area contributed by atoms with E-state index in [2.05, 4.69) is 11.4 Å². The Morgan fingerprint density at radius 3 is 2.55 bits per heavy atom. The number of urea groups is 1. The third-order valence-corrected chi connectivity index (χ3v) is 6.22. The van der Waals surface area contributed by atoms with Gasteiger partial charge in [-0.3, -0.25) is 4.79 Å². The zero-order chi connectivity index (χ0) is 23.2. The van der Waals surface area contributed by atoms with Crippen LogP contribution >= 0.6 is 11.3 Å². The van der Waals surface area contributed by atoms with Crippen LogP contribution in [-0.2, 0) is 17.9 Å². The Kier molecular flexibility index (Phi) is 7.01. The summed E-state index contributed by atoms with van der Waals surface area (Å²) < 4.78 is 13.3. The van der Waals surface area contributed by atoms with E-state index in [-0.39, 0.29) is 30.3 Å². The number of halogens is 1. The molecule has 6 nitrogen and oxygen atoms in total. The third-order valence-electron chi connectivity index (χ3n) is 5.36. The summed E-state index contributed by atoms with van der Waals surface area (Å²) in [7, 11) is 0. The van der Waals surface area contributed by atoms with Crippen molar-refractivity contribution in [1.82, 2.24) is 9.80 Å². The highest BCUT2D eigenvalue weighted by Gasteiger charge is 2.35. The fourth-order valence-corrected chi connectivity index (χ4v) is 4.21. The molecule has 3 amide bonds. The van der Waals surface area contributed by atoms with Crippen molar-refractivity contribution >= 4 is 29.0 Å². The SMILES string of the molecule is N#Cc1cccc(NC(=O)N(CC(=O)N(Cc2ccc(F)cc2)Cc2cccs2)C2CC2)c1. The number of carbonyl (C=O) groups excluding carboxylic acids is 2. The topological polar surface area (TPSA) is 76.4 Å². The minimum absolute atomic E-state index is 0.0162. The minimum atomic E-state index is -0.362. The van der Waals surface area contributed by atoms with Crippen molar-refractivity contribution < 1.29 is 14.0 Å². The first-order valence-corrected chi connectivity index (χ1v) is 11.5. The number of hydrogen-bond donors (Lipinski definition) is 1. The first-order chi connectivity index (χ1) is 16.0. The molecule has 1 saturated carbocycles. The number of nitriles is 1. The van der Waals surface area contributed by atoms with E-state index in [1.807, 2.05) is 17.5 Å². The summed E-state index contributed by atoms with van der Waals surface area (Å²) in [5.41, 5.74) is 1.78. The van der Waals surface area contributed by atoms with Crippen LogP contribution in [-0.4, -0.2) is 34.3 Å². The Morgan fingerprint density at radius 2 is 1.88 bits per heavy atom. The Morgan fingerprint density at radius 1 is 1.09 bits per heavy atom. The number of amides is 3. The molecular formula is C25H23FN4O2S. The molecule has 8 heteroatoms. The van der Waals surface area contributed by atoms with E-state index in [9.17, 15) is 14.0 Å². The Labute approximate surface area is 195 Å². The highest BCUT2D eigenvalue weighted by molar-refractivity contribution is 7.09. The second-order valence-corrected chi connectivity index (χ2v) is 8.97. The second-order valence-electron chi connectivity index (χ2n) is 7.94. The maximum Gasteiger partial charge on any atom is 0.322 e. The van der Waals surface area contributed by atoms with E-state index in [4.69, 9.17) is 5.26 Å². The van der Waals surface area contributed by atoms with E-state index < -0.39 is 0 Å². The first kappa shape index (κ1) is 22.5. The molecule has 1 N–H and O–H groups in total. The van der Waals surface area contributed by atoms with Crippen LogP contribution in [0.4, 0.5) is 14.9 Å². The molecule has 1 aliphatic carbocycles. The normalized spacial score (nSPS) is 12.6. The number of nitrogens with zero attached hydrogens (tertiary/aromatic N) is 3. The van der Waals surface area contributed by atoms with Crippen LogP contribution in [0.2, 0.25) is 0 Å². The van der Waals surface area contributed by atoms with Gasteiger partial charge in [-0.2, -0.15) is 5.26 Å². The van der Waals surface area contributed by atoms with Crippen molar-refractivity contribution in [3.63, 3.8) is 0 Å². The Balaban J connectivity index is 1.48. The maximum absolute atomic E-state index is 13.3. The molecule has 33 heavy (non-hydrogen) atoms. The molecule has 0 bridgehead atoms. The molecular weight excluding hydrogens is 439 g/mol. The van der Waals surface area contributed by atoms with Gasteiger partial charge in [0.25, 0.3) is 0 Å². The van der Waals surface area contributed by atoms with E-state index in [0.29, 0.717) is 24.3 Å². The summed E-state index contributed by atoms with van der Waals surface area (Å²) >= 11 is 1.56. The van der Waals surface area contributed by atoms with Crippen molar-refractivity contribution in [2.45, 2.75) is 32.0 Å². The predicted octanol–water partition coefficient (Wildman–Crippen LogP) is 4.98. The first-order valence-electron chi connectivity index (χ1n) is 10.6. The molecule has 0 spiro atoms. The molecule has 1 aromatic heterocycles. The average Bonchev–Trinajstić information content (AvgIpc) is 3.53. The number of anilines is 1. The van der Waals surface area contributed by atoms with Gasteiger partial charge in [0.1, 0.15) is 12.4 Å². The van der Waals surface area contributed by atoms with Crippen LogP contribution in [0.3, 0.4) is 0 Å². The zero-order valence-corrected chi connectivity index (χ0v) is 18.7. The van der Waals surface area contributed by atoms with Crippen molar-refractivity contribution in [1.29, 1.82) is 5.26 Å². The lowest BCUT2D eigenvalue weighted by Gasteiger charge is -2.28. The van der Waals surface area contributed by atoms with Gasteiger partial charge in [0.2, 0.25) is 5.91 Å². The lowest BCUT2D eigenvalue weighted by atomic mass is 10.2. The molecule has 2 aromatic carbocycles. The molecule has 0 unspecified atom stereocenters. The Hall–Kier alpha value is -3.70. The van der Waals surface area contributed by atoms with E-state index >= 15 is 0 Å². The van der Waals surface area contributed by atoms with Gasteiger partial charge < -0.3 is 15.1 Å². The highest BCUT2D eigenvalue weighted by Crippen LogP contribution is 2.28. The molecule has 168 valence electrons. The predicted molar refractivity (Wildman–Crippen MR) is 125 cm³/mol. The van der Waals surface area contributed by atoms with Crippen LogP contribution in [0.25, 0.3) is 0 Å². The average molecular weight is 463 g/mol. The molecule has 1 aliphatic rings. The van der Waals surface area contributed by atoms with Crippen molar-refractivity contribution in [2.75, 3.05) is 11.9 Å². The molecule has 0 radical (unpaired) electrons. The molecule has 4 rings (SSSR count). The summed E-state index contributed by atoms with van der Waals surface area (Å²) in [4.78, 5) is 30.6. The van der Waals surface area contributed by atoms with Gasteiger partial charge in [0.15, 0.2) is 0 Å². The van der Waals surface area contributed by atoms with Gasteiger partial charge in [0, 0.05) is 23.2 Å². The van der Waals surface area contributed by atoms with Gasteiger partial charge in [0.05, 0.1) is 18.2 Å².